The van der Waals surface area contributed by atoms with Crippen molar-refractivity contribution < 1.29 is 22.4 Å². The Morgan fingerprint density at radius 2 is 2.07 bits per heavy atom. The number of hydrogen-bond acceptors (Lipinski definition) is 2. The predicted molar refractivity (Wildman–Crippen MR) is 91.5 cm³/mol. The van der Waals surface area contributed by atoms with E-state index >= 15 is 0 Å². The molecule has 0 saturated heterocycles. The minimum atomic E-state index is -4.54. The fraction of sp³-hybridized carbons (Fsp3) is 0.474. The highest BCUT2D eigenvalue weighted by Gasteiger charge is 2.40. The molecule has 1 aliphatic rings. The Kier molecular flexibility index (Phi) is 5.01. The van der Waals surface area contributed by atoms with Crippen LogP contribution in [-0.2, 0) is 29.2 Å². The number of H-pyrrole nitrogens is 1. The third kappa shape index (κ3) is 4.14. The summed E-state index contributed by atoms with van der Waals surface area (Å²) >= 11 is 0. The highest BCUT2D eigenvalue weighted by Crippen LogP contribution is 2.36. The number of benzene rings is 1. The SMILES string of the molecule is CC(C)(CNC(=O)[C@@H]1CCc2[nH]nc(C(F)(F)F)c2C1)c1cccc(F)c1. The van der Waals surface area contributed by atoms with E-state index in [1.54, 1.807) is 12.1 Å². The van der Waals surface area contributed by atoms with Crippen molar-refractivity contribution in [1.29, 1.82) is 0 Å². The average Bonchev–Trinajstić information content (AvgIpc) is 3.03. The summed E-state index contributed by atoms with van der Waals surface area (Å²) in [4.78, 5) is 12.5. The van der Waals surface area contributed by atoms with Crippen molar-refractivity contribution >= 4 is 5.91 Å². The van der Waals surface area contributed by atoms with E-state index in [0.717, 1.165) is 5.56 Å². The summed E-state index contributed by atoms with van der Waals surface area (Å²) in [5.74, 6) is -1.19. The van der Waals surface area contributed by atoms with Gasteiger partial charge in [-0.25, -0.2) is 4.39 Å². The molecule has 0 aliphatic heterocycles. The van der Waals surface area contributed by atoms with Crippen LogP contribution in [0.15, 0.2) is 24.3 Å². The van der Waals surface area contributed by atoms with Gasteiger partial charge in [0.1, 0.15) is 5.82 Å². The van der Waals surface area contributed by atoms with Gasteiger partial charge in [-0.1, -0.05) is 26.0 Å². The third-order valence-corrected chi connectivity index (χ3v) is 5.10. The Morgan fingerprint density at radius 1 is 1.33 bits per heavy atom. The molecule has 1 aromatic heterocycles. The molecule has 146 valence electrons. The van der Waals surface area contributed by atoms with Gasteiger partial charge in [-0.3, -0.25) is 9.89 Å². The van der Waals surface area contributed by atoms with Gasteiger partial charge >= 0.3 is 6.18 Å². The van der Waals surface area contributed by atoms with E-state index in [2.05, 4.69) is 15.5 Å². The molecule has 0 radical (unpaired) electrons. The van der Waals surface area contributed by atoms with Gasteiger partial charge in [0, 0.05) is 29.1 Å². The number of aromatic amines is 1. The maximum atomic E-state index is 13.4. The van der Waals surface area contributed by atoms with E-state index in [1.807, 2.05) is 13.8 Å². The molecule has 1 aromatic carbocycles. The van der Waals surface area contributed by atoms with Crippen LogP contribution in [0.5, 0.6) is 0 Å². The summed E-state index contributed by atoms with van der Waals surface area (Å²) in [6.45, 7) is 4.01. The summed E-state index contributed by atoms with van der Waals surface area (Å²) in [5, 5.41) is 8.64. The lowest BCUT2D eigenvalue weighted by atomic mass is 9.83. The van der Waals surface area contributed by atoms with Crippen LogP contribution in [0.4, 0.5) is 17.6 Å². The summed E-state index contributed by atoms with van der Waals surface area (Å²) in [6, 6.07) is 6.15. The van der Waals surface area contributed by atoms with Crippen LogP contribution in [0.2, 0.25) is 0 Å². The predicted octanol–water partition coefficient (Wildman–Crippen LogP) is 3.77. The Labute approximate surface area is 154 Å². The van der Waals surface area contributed by atoms with E-state index in [-0.39, 0.29) is 30.3 Å². The molecule has 4 nitrogen and oxygen atoms in total. The Balaban J connectivity index is 1.67. The van der Waals surface area contributed by atoms with Crippen LogP contribution in [0.1, 0.15) is 42.8 Å². The zero-order valence-corrected chi connectivity index (χ0v) is 15.1. The van der Waals surface area contributed by atoms with E-state index in [9.17, 15) is 22.4 Å². The summed E-state index contributed by atoms with van der Waals surface area (Å²) in [5.41, 5.74) is -0.174. The van der Waals surface area contributed by atoms with Gasteiger partial charge in [-0.2, -0.15) is 18.3 Å². The van der Waals surface area contributed by atoms with Gasteiger partial charge in [0.05, 0.1) is 0 Å². The molecule has 1 aliphatic carbocycles. The maximum Gasteiger partial charge on any atom is 0.435 e. The Morgan fingerprint density at radius 3 is 2.74 bits per heavy atom. The number of aryl methyl sites for hydroxylation is 1. The number of carbonyl (C=O) groups is 1. The number of hydrogen-bond donors (Lipinski definition) is 2. The van der Waals surface area contributed by atoms with Crippen molar-refractivity contribution in [3.8, 4) is 0 Å². The van der Waals surface area contributed by atoms with Crippen LogP contribution in [0.3, 0.4) is 0 Å². The number of amides is 1. The number of carbonyl (C=O) groups excluding carboxylic acids is 1. The molecule has 1 atom stereocenters. The summed E-state index contributed by atoms with van der Waals surface area (Å²) in [7, 11) is 0. The molecule has 3 rings (SSSR count). The van der Waals surface area contributed by atoms with Crippen molar-refractivity contribution in [2.45, 2.75) is 44.7 Å². The second kappa shape index (κ2) is 6.98. The van der Waals surface area contributed by atoms with E-state index in [0.29, 0.717) is 18.5 Å². The topological polar surface area (TPSA) is 57.8 Å². The molecule has 27 heavy (non-hydrogen) atoms. The Hall–Kier alpha value is -2.38. The number of rotatable bonds is 4. The molecule has 0 spiro atoms. The number of alkyl halides is 3. The highest BCUT2D eigenvalue weighted by atomic mass is 19.4. The van der Waals surface area contributed by atoms with Crippen molar-refractivity contribution in [3.63, 3.8) is 0 Å². The first-order valence-electron chi connectivity index (χ1n) is 8.75. The van der Waals surface area contributed by atoms with Gasteiger partial charge in [0.2, 0.25) is 5.91 Å². The van der Waals surface area contributed by atoms with Gasteiger partial charge < -0.3 is 5.32 Å². The van der Waals surface area contributed by atoms with Crippen LogP contribution in [0, 0.1) is 11.7 Å². The van der Waals surface area contributed by atoms with E-state index < -0.39 is 23.2 Å². The molecule has 2 N–H and O–H groups in total. The zero-order chi connectivity index (χ0) is 19.8. The second-order valence-corrected chi connectivity index (χ2v) is 7.58. The van der Waals surface area contributed by atoms with Crippen molar-refractivity contribution in [2.24, 2.45) is 5.92 Å². The monoisotopic (exact) mass is 383 g/mol. The average molecular weight is 383 g/mol. The number of fused-ring (bicyclic) bond motifs is 1. The third-order valence-electron chi connectivity index (χ3n) is 5.10. The number of halogens is 4. The smallest absolute Gasteiger partial charge is 0.355 e. The van der Waals surface area contributed by atoms with Crippen molar-refractivity contribution in [1.82, 2.24) is 15.5 Å². The molecule has 1 amide bonds. The fourth-order valence-corrected chi connectivity index (χ4v) is 3.42. The lowest BCUT2D eigenvalue weighted by molar-refractivity contribution is -0.142. The molecule has 0 unspecified atom stereocenters. The van der Waals surface area contributed by atoms with Gasteiger partial charge in [-0.05, 0) is 37.0 Å². The lowest BCUT2D eigenvalue weighted by Gasteiger charge is -2.28. The standard InChI is InChI=1S/C19H21F4N3O/c1-18(2,12-4-3-5-13(20)9-12)10-24-17(27)11-6-7-15-14(8-11)16(26-25-15)19(21,22)23/h3-5,9,11H,6-8,10H2,1-2H3,(H,24,27)(H,25,26)/t11-/m1/s1. The van der Waals surface area contributed by atoms with Crippen LogP contribution in [0.25, 0.3) is 0 Å². The normalized spacial score (nSPS) is 17.5. The van der Waals surface area contributed by atoms with Crippen LogP contribution >= 0.6 is 0 Å². The van der Waals surface area contributed by atoms with Crippen LogP contribution < -0.4 is 5.32 Å². The quantitative estimate of drug-likeness (QED) is 0.790. The lowest BCUT2D eigenvalue weighted by Crippen LogP contribution is -2.41. The fourth-order valence-electron chi connectivity index (χ4n) is 3.42. The molecule has 0 saturated carbocycles. The number of aromatic nitrogens is 2. The van der Waals surface area contributed by atoms with Gasteiger partial charge in [0.25, 0.3) is 0 Å². The minimum Gasteiger partial charge on any atom is -0.355 e. The largest absolute Gasteiger partial charge is 0.435 e. The molecule has 2 aromatic rings. The van der Waals surface area contributed by atoms with Crippen molar-refractivity contribution in [3.05, 3.63) is 52.6 Å². The second-order valence-electron chi connectivity index (χ2n) is 7.58. The molecule has 8 heteroatoms. The molecule has 0 fully saturated rings. The first kappa shape index (κ1) is 19.4. The number of nitrogens with one attached hydrogen (secondary N) is 2. The first-order chi connectivity index (χ1) is 12.6. The summed E-state index contributed by atoms with van der Waals surface area (Å²) in [6.07, 6.45) is -3.72. The Bertz CT molecular complexity index is 842. The van der Waals surface area contributed by atoms with E-state index in [1.165, 1.54) is 12.1 Å². The number of nitrogens with zero attached hydrogens (tertiary/aromatic N) is 1. The highest BCUT2D eigenvalue weighted by molar-refractivity contribution is 5.79. The molecular weight excluding hydrogens is 362 g/mol. The molecule has 0 bridgehead atoms. The van der Waals surface area contributed by atoms with Crippen molar-refractivity contribution in [2.75, 3.05) is 6.54 Å². The van der Waals surface area contributed by atoms with Gasteiger partial charge in [-0.15, -0.1) is 0 Å². The maximum absolute atomic E-state index is 13.4. The zero-order valence-electron chi connectivity index (χ0n) is 15.1. The minimum absolute atomic E-state index is 0.00685. The van der Waals surface area contributed by atoms with Crippen LogP contribution in [-0.4, -0.2) is 22.6 Å². The first-order valence-corrected chi connectivity index (χ1v) is 8.75. The molecule has 1 heterocycles. The van der Waals surface area contributed by atoms with E-state index in [4.69, 9.17) is 0 Å². The van der Waals surface area contributed by atoms with Gasteiger partial charge in [0.15, 0.2) is 5.69 Å². The molecular formula is C19H21F4N3O. The summed E-state index contributed by atoms with van der Waals surface area (Å²) < 4.78 is 52.6.